The molecule has 0 atom stereocenters. The third kappa shape index (κ3) is 3.53. The molecule has 9 heteroatoms. The SMILES string of the molecule is CN(CCC#N)S(=O)(=O)c1cc(S(C)(=O)=O)ccc1F. The molecule has 20 heavy (non-hydrogen) atoms. The van der Waals surface area contributed by atoms with Gasteiger partial charge in [-0.05, 0) is 18.2 Å². The summed E-state index contributed by atoms with van der Waals surface area (Å²) in [7, 11) is -6.64. The molecule has 0 saturated heterocycles. The number of sulfone groups is 1. The van der Waals surface area contributed by atoms with Gasteiger partial charge in [-0.2, -0.15) is 9.57 Å². The van der Waals surface area contributed by atoms with E-state index in [1.165, 1.54) is 7.05 Å². The molecule has 110 valence electrons. The Bertz CT molecular complexity index is 751. The van der Waals surface area contributed by atoms with E-state index >= 15 is 0 Å². The van der Waals surface area contributed by atoms with Crippen molar-refractivity contribution >= 4 is 19.9 Å². The largest absolute Gasteiger partial charge is 0.245 e. The standard InChI is InChI=1S/C11H13FN2O4S2/c1-14(7-3-6-13)20(17,18)11-8-9(19(2,15)16)4-5-10(11)12/h4-5,8H,3,7H2,1-2H3. The zero-order valence-electron chi connectivity index (χ0n) is 10.9. The first-order valence-corrected chi connectivity index (χ1v) is 8.76. The number of nitriles is 1. The van der Waals surface area contributed by atoms with E-state index in [1.807, 2.05) is 0 Å². The van der Waals surface area contributed by atoms with Crippen molar-refractivity contribution in [1.82, 2.24) is 4.31 Å². The fourth-order valence-electron chi connectivity index (χ4n) is 1.41. The maximum Gasteiger partial charge on any atom is 0.245 e. The van der Waals surface area contributed by atoms with Crippen LogP contribution in [0.2, 0.25) is 0 Å². The summed E-state index contributed by atoms with van der Waals surface area (Å²) in [4.78, 5) is -1.01. The Morgan fingerprint density at radius 1 is 1.30 bits per heavy atom. The van der Waals surface area contributed by atoms with Gasteiger partial charge in [0.15, 0.2) is 9.84 Å². The average molecular weight is 320 g/mol. The molecule has 0 N–H and O–H groups in total. The molecule has 0 unspecified atom stereocenters. The normalized spacial score (nSPS) is 12.3. The Hall–Kier alpha value is -1.50. The summed E-state index contributed by atoms with van der Waals surface area (Å²) in [5.74, 6) is -1.04. The summed E-state index contributed by atoms with van der Waals surface area (Å²) >= 11 is 0. The Morgan fingerprint density at radius 2 is 1.90 bits per heavy atom. The summed E-state index contributed by atoms with van der Waals surface area (Å²) < 4.78 is 61.5. The Labute approximate surface area is 117 Å². The molecule has 0 aliphatic heterocycles. The predicted octanol–water partition coefficient (Wildman–Crippen LogP) is 0.763. The minimum atomic E-state index is -4.18. The molecule has 0 amide bonds. The van der Waals surface area contributed by atoms with E-state index in [-0.39, 0.29) is 17.9 Å². The number of rotatable bonds is 5. The van der Waals surface area contributed by atoms with Crippen LogP contribution in [0, 0.1) is 17.1 Å². The lowest BCUT2D eigenvalue weighted by atomic mass is 10.3. The van der Waals surface area contributed by atoms with Gasteiger partial charge in [0.25, 0.3) is 0 Å². The van der Waals surface area contributed by atoms with Gasteiger partial charge in [0.2, 0.25) is 10.0 Å². The van der Waals surface area contributed by atoms with E-state index in [0.717, 1.165) is 28.8 Å². The molecule has 1 aromatic carbocycles. The predicted molar refractivity (Wildman–Crippen MR) is 69.6 cm³/mol. The van der Waals surface area contributed by atoms with Gasteiger partial charge in [-0.25, -0.2) is 21.2 Å². The van der Waals surface area contributed by atoms with Crippen LogP contribution in [-0.2, 0) is 19.9 Å². The second kappa shape index (κ2) is 5.87. The molecule has 0 bridgehead atoms. The van der Waals surface area contributed by atoms with Crippen molar-refractivity contribution in [3.05, 3.63) is 24.0 Å². The van der Waals surface area contributed by atoms with Crippen LogP contribution in [-0.4, -0.2) is 41.0 Å². The molecular formula is C11H13FN2O4S2. The number of hydrogen-bond donors (Lipinski definition) is 0. The summed E-state index contributed by atoms with van der Waals surface area (Å²) in [5.41, 5.74) is 0. The Kier molecular flexibility index (Phi) is 4.86. The molecule has 0 heterocycles. The van der Waals surface area contributed by atoms with E-state index in [4.69, 9.17) is 5.26 Å². The lowest BCUT2D eigenvalue weighted by Crippen LogP contribution is -2.28. The molecule has 0 saturated carbocycles. The Balaban J connectivity index is 3.35. The van der Waals surface area contributed by atoms with Crippen molar-refractivity contribution < 1.29 is 21.2 Å². The zero-order valence-corrected chi connectivity index (χ0v) is 12.5. The topological polar surface area (TPSA) is 95.3 Å². The molecular weight excluding hydrogens is 307 g/mol. The van der Waals surface area contributed by atoms with Gasteiger partial charge in [0, 0.05) is 26.3 Å². The maximum atomic E-state index is 13.7. The maximum absolute atomic E-state index is 13.7. The van der Waals surface area contributed by atoms with Crippen molar-refractivity contribution in [3.63, 3.8) is 0 Å². The number of halogens is 1. The van der Waals surface area contributed by atoms with Crippen LogP contribution in [0.3, 0.4) is 0 Å². The zero-order chi connectivity index (χ0) is 15.6. The minimum Gasteiger partial charge on any atom is -0.224 e. The van der Waals surface area contributed by atoms with Gasteiger partial charge in [-0.3, -0.25) is 0 Å². The van der Waals surface area contributed by atoms with E-state index in [2.05, 4.69) is 0 Å². The van der Waals surface area contributed by atoms with E-state index in [9.17, 15) is 21.2 Å². The first-order chi connectivity index (χ1) is 9.10. The van der Waals surface area contributed by atoms with Gasteiger partial charge in [0.05, 0.1) is 11.0 Å². The summed E-state index contributed by atoms with van der Waals surface area (Å²) in [6.45, 7) is -0.110. The molecule has 0 aromatic heterocycles. The smallest absolute Gasteiger partial charge is 0.224 e. The van der Waals surface area contributed by atoms with Gasteiger partial charge < -0.3 is 0 Å². The Morgan fingerprint density at radius 3 is 2.40 bits per heavy atom. The highest BCUT2D eigenvalue weighted by Crippen LogP contribution is 2.22. The third-order valence-electron chi connectivity index (χ3n) is 2.56. The van der Waals surface area contributed by atoms with Crippen molar-refractivity contribution in [2.45, 2.75) is 16.2 Å². The lowest BCUT2D eigenvalue weighted by Gasteiger charge is -2.16. The van der Waals surface area contributed by atoms with Crippen LogP contribution in [0.15, 0.2) is 28.0 Å². The first kappa shape index (κ1) is 16.6. The van der Waals surface area contributed by atoms with E-state index < -0.39 is 30.6 Å². The number of benzene rings is 1. The second-order valence-electron chi connectivity index (χ2n) is 4.10. The summed E-state index contributed by atoms with van der Waals surface area (Å²) in [6, 6.07) is 4.35. The number of hydrogen-bond acceptors (Lipinski definition) is 5. The number of sulfonamides is 1. The molecule has 0 aliphatic carbocycles. The van der Waals surface area contributed by atoms with Crippen molar-refractivity contribution in [2.75, 3.05) is 19.8 Å². The van der Waals surface area contributed by atoms with Crippen LogP contribution < -0.4 is 0 Å². The van der Waals surface area contributed by atoms with E-state index in [0.29, 0.717) is 0 Å². The van der Waals surface area contributed by atoms with Gasteiger partial charge in [0.1, 0.15) is 10.7 Å². The lowest BCUT2D eigenvalue weighted by molar-refractivity contribution is 0.468. The molecule has 1 rings (SSSR count). The van der Waals surface area contributed by atoms with E-state index in [1.54, 1.807) is 6.07 Å². The molecule has 0 aliphatic rings. The minimum absolute atomic E-state index is 0.0525. The monoisotopic (exact) mass is 320 g/mol. The molecule has 0 spiro atoms. The van der Waals surface area contributed by atoms with Crippen LogP contribution in [0.1, 0.15) is 6.42 Å². The number of nitrogens with zero attached hydrogens (tertiary/aromatic N) is 2. The molecule has 1 aromatic rings. The van der Waals surface area contributed by atoms with Crippen LogP contribution in [0.25, 0.3) is 0 Å². The molecule has 0 fully saturated rings. The van der Waals surface area contributed by atoms with Crippen molar-refractivity contribution in [3.8, 4) is 6.07 Å². The molecule has 0 radical (unpaired) electrons. The first-order valence-electron chi connectivity index (χ1n) is 5.43. The fourth-order valence-corrected chi connectivity index (χ4v) is 3.39. The highest BCUT2D eigenvalue weighted by atomic mass is 32.2. The highest BCUT2D eigenvalue weighted by molar-refractivity contribution is 7.91. The van der Waals surface area contributed by atoms with Gasteiger partial charge in [-0.15, -0.1) is 0 Å². The highest BCUT2D eigenvalue weighted by Gasteiger charge is 2.25. The summed E-state index contributed by atoms with van der Waals surface area (Å²) in [5, 5.41) is 8.43. The van der Waals surface area contributed by atoms with Gasteiger partial charge in [-0.1, -0.05) is 0 Å². The van der Waals surface area contributed by atoms with Gasteiger partial charge >= 0.3 is 0 Å². The fraction of sp³-hybridized carbons (Fsp3) is 0.364. The van der Waals surface area contributed by atoms with Crippen molar-refractivity contribution in [2.24, 2.45) is 0 Å². The molecule has 6 nitrogen and oxygen atoms in total. The van der Waals surface area contributed by atoms with Crippen LogP contribution >= 0.6 is 0 Å². The second-order valence-corrected chi connectivity index (χ2v) is 8.13. The van der Waals surface area contributed by atoms with Crippen LogP contribution in [0.4, 0.5) is 4.39 Å². The average Bonchev–Trinajstić information content (AvgIpc) is 2.34. The quantitative estimate of drug-likeness (QED) is 0.747. The summed E-state index contributed by atoms with van der Waals surface area (Å²) in [6.07, 6.45) is 0.846. The van der Waals surface area contributed by atoms with Crippen molar-refractivity contribution in [1.29, 1.82) is 5.26 Å². The third-order valence-corrected chi connectivity index (χ3v) is 5.54. The van der Waals surface area contributed by atoms with Crippen LogP contribution in [0.5, 0.6) is 0 Å².